The number of halogens is 1. The fourth-order valence-corrected chi connectivity index (χ4v) is 4.83. The number of likely N-dealkylation sites (N-methyl/N-ethyl adjacent to an activating group) is 1. The maximum absolute atomic E-state index is 12.8. The van der Waals surface area contributed by atoms with Crippen molar-refractivity contribution in [1.82, 2.24) is 10.6 Å². The third-order valence-corrected chi connectivity index (χ3v) is 7.30. The first-order valence-electron chi connectivity index (χ1n) is 10.9. The molecule has 3 rings (SSSR count). The summed E-state index contributed by atoms with van der Waals surface area (Å²) < 4.78 is 27.5. The predicted molar refractivity (Wildman–Crippen MR) is 139 cm³/mol. The lowest BCUT2D eigenvalue weighted by molar-refractivity contribution is -0.114. The molecule has 11 heteroatoms. The zero-order valence-electron chi connectivity index (χ0n) is 19.4. The van der Waals surface area contributed by atoms with Crippen LogP contribution in [0.3, 0.4) is 0 Å². The molecule has 1 saturated carbocycles. The Balaban J connectivity index is 2.13. The molecule has 0 bridgehead atoms. The number of nitrogens with two attached hydrogens (primary N) is 1. The Labute approximate surface area is 208 Å². The smallest absolute Gasteiger partial charge is 0.270 e. The number of hydrogen-bond acceptors (Lipinski definition) is 7. The largest absolute Gasteiger partial charge is 0.398 e. The summed E-state index contributed by atoms with van der Waals surface area (Å²) >= 11 is 3.39. The van der Waals surface area contributed by atoms with Crippen LogP contribution in [0.2, 0.25) is 0 Å². The van der Waals surface area contributed by atoms with Gasteiger partial charge in [-0.15, -0.1) is 0 Å². The van der Waals surface area contributed by atoms with E-state index < -0.39 is 22.2 Å². The molecule has 0 saturated heterocycles. The number of sulfonamides is 1. The van der Waals surface area contributed by atoms with Crippen LogP contribution in [0.15, 0.2) is 45.9 Å². The van der Waals surface area contributed by atoms with Crippen molar-refractivity contribution in [3.63, 3.8) is 0 Å². The first-order chi connectivity index (χ1) is 16.0. The van der Waals surface area contributed by atoms with E-state index in [0.717, 1.165) is 29.1 Å². The molecule has 1 amide bonds. The highest BCUT2D eigenvalue weighted by Gasteiger charge is 2.32. The van der Waals surface area contributed by atoms with Gasteiger partial charge in [-0.1, -0.05) is 15.9 Å². The summed E-state index contributed by atoms with van der Waals surface area (Å²) in [6.45, 7) is 0.0780. The summed E-state index contributed by atoms with van der Waals surface area (Å²) in [5.74, 6) is -0.243. The van der Waals surface area contributed by atoms with Gasteiger partial charge in [0.1, 0.15) is 11.9 Å². The number of nitrogens with zero attached hydrogens (tertiary/aromatic N) is 2. The van der Waals surface area contributed by atoms with Gasteiger partial charge in [0.25, 0.3) is 5.91 Å². The van der Waals surface area contributed by atoms with Crippen LogP contribution < -0.4 is 20.7 Å². The highest BCUT2D eigenvalue weighted by Crippen LogP contribution is 2.46. The van der Waals surface area contributed by atoms with Gasteiger partial charge in [-0.3, -0.25) is 14.4 Å². The maximum Gasteiger partial charge on any atom is 0.270 e. The topological polar surface area (TPSA) is 137 Å². The van der Waals surface area contributed by atoms with E-state index in [9.17, 15) is 18.3 Å². The highest BCUT2D eigenvalue weighted by atomic mass is 79.9. The Bertz CT molecular complexity index is 1180. The molecule has 0 heterocycles. The molecular formula is C23H30BrN5O4S. The van der Waals surface area contributed by atoms with Crippen LogP contribution in [-0.4, -0.2) is 58.3 Å². The highest BCUT2D eigenvalue weighted by molar-refractivity contribution is 9.10. The van der Waals surface area contributed by atoms with Crippen LogP contribution >= 0.6 is 15.9 Å². The van der Waals surface area contributed by atoms with E-state index in [1.807, 2.05) is 12.1 Å². The van der Waals surface area contributed by atoms with E-state index >= 15 is 0 Å². The van der Waals surface area contributed by atoms with Crippen LogP contribution in [0, 0.1) is 0 Å². The molecule has 9 nitrogen and oxygen atoms in total. The Morgan fingerprint density at radius 3 is 2.44 bits per heavy atom. The lowest BCUT2D eigenvalue weighted by Gasteiger charge is -2.27. The van der Waals surface area contributed by atoms with E-state index in [0.29, 0.717) is 16.9 Å². The molecule has 1 unspecified atom stereocenters. The van der Waals surface area contributed by atoms with Crippen molar-refractivity contribution >= 4 is 54.6 Å². The molecule has 34 heavy (non-hydrogen) atoms. The Morgan fingerprint density at radius 1 is 1.26 bits per heavy atom. The van der Waals surface area contributed by atoms with Crippen molar-refractivity contribution in [3.05, 3.63) is 52.0 Å². The van der Waals surface area contributed by atoms with Gasteiger partial charge >= 0.3 is 0 Å². The van der Waals surface area contributed by atoms with Crippen LogP contribution in [0.25, 0.3) is 0 Å². The fraction of sp³-hybridized carbons (Fsp3) is 0.391. The molecule has 5 N–H and O–H groups in total. The summed E-state index contributed by atoms with van der Waals surface area (Å²) in [4.78, 5) is 17.3. The molecule has 1 fully saturated rings. The number of nitrogen functional groups attached to an aromatic ring is 1. The van der Waals surface area contributed by atoms with E-state index in [2.05, 4.69) is 31.6 Å². The van der Waals surface area contributed by atoms with Crippen molar-refractivity contribution in [2.24, 2.45) is 4.99 Å². The molecule has 1 atom stereocenters. The maximum atomic E-state index is 12.8. The number of anilines is 2. The number of aliphatic hydroxyl groups is 1. The molecular weight excluding hydrogens is 522 g/mol. The quantitative estimate of drug-likeness (QED) is 0.203. The Hall–Kier alpha value is -2.47. The predicted octanol–water partition coefficient (Wildman–Crippen LogP) is 2.47. The zero-order chi connectivity index (χ0) is 25.0. The summed E-state index contributed by atoms with van der Waals surface area (Å²) in [5.41, 5.74) is 9.06. The van der Waals surface area contributed by atoms with Crippen molar-refractivity contribution < 1.29 is 18.3 Å². The summed E-state index contributed by atoms with van der Waals surface area (Å²) in [7, 11) is -0.530. The Kier molecular flexibility index (Phi) is 8.34. The van der Waals surface area contributed by atoms with Crippen molar-refractivity contribution in [2.75, 3.05) is 36.9 Å². The zero-order valence-corrected chi connectivity index (χ0v) is 21.8. The van der Waals surface area contributed by atoms with Gasteiger partial charge in [-0.25, -0.2) is 13.4 Å². The molecule has 184 valence electrons. The van der Waals surface area contributed by atoms with E-state index in [1.54, 1.807) is 31.3 Å². The minimum absolute atomic E-state index is 0.0780. The number of aliphatic imine (C=N–C) groups is 1. The standard InChI is InChI=1S/C23H30BrN5O4S/c1-26-21(30)10-11-29(34(3,32)33)20-13-19(25)18(12-17(20)14-4-5-14)22(23(31)27-2)28-16-8-6-15(24)7-9-16/h6-9,12-14,21,26,30H,4-5,10-11,25H2,1-3H3,(H,27,31). The number of nitrogens with one attached hydrogen (secondary N) is 2. The van der Waals surface area contributed by atoms with Gasteiger partial charge in [-0.05, 0) is 67.8 Å². The van der Waals surface area contributed by atoms with Crippen LogP contribution in [0.1, 0.15) is 36.3 Å². The molecule has 2 aromatic carbocycles. The molecule has 2 aromatic rings. The number of amides is 1. The lowest BCUT2D eigenvalue weighted by atomic mass is 9.98. The average Bonchev–Trinajstić information content (AvgIpc) is 3.63. The third-order valence-electron chi connectivity index (χ3n) is 5.59. The number of aliphatic hydroxyl groups excluding tert-OH is 1. The molecule has 1 aliphatic rings. The second kappa shape index (κ2) is 10.9. The fourth-order valence-electron chi connectivity index (χ4n) is 3.61. The molecule has 0 aliphatic heterocycles. The van der Waals surface area contributed by atoms with Crippen LogP contribution in [-0.2, 0) is 14.8 Å². The SMILES string of the molecule is CNC(=O)C(=Nc1ccc(Br)cc1)c1cc(C2CC2)c(N(CCC(O)NC)S(C)(=O)=O)cc1N. The van der Waals surface area contributed by atoms with Gasteiger partial charge in [0.05, 0.1) is 17.6 Å². The number of benzene rings is 2. The summed E-state index contributed by atoms with van der Waals surface area (Å²) in [5, 5.41) is 15.2. The van der Waals surface area contributed by atoms with Gasteiger partial charge in [0, 0.05) is 35.7 Å². The normalized spacial score (nSPS) is 15.1. The molecule has 1 aliphatic carbocycles. The average molecular weight is 552 g/mol. The lowest BCUT2D eigenvalue weighted by Crippen LogP contribution is -2.36. The van der Waals surface area contributed by atoms with Crippen molar-refractivity contribution in [1.29, 1.82) is 0 Å². The molecule has 0 spiro atoms. The van der Waals surface area contributed by atoms with Gasteiger partial charge in [-0.2, -0.15) is 0 Å². The summed E-state index contributed by atoms with van der Waals surface area (Å²) in [6, 6.07) is 10.6. The second-order valence-electron chi connectivity index (χ2n) is 8.22. The van der Waals surface area contributed by atoms with Crippen LogP contribution in [0.5, 0.6) is 0 Å². The Morgan fingerprint density at radius 2 is 1.91 bits per heavy atom. The van der Waals surface area contributed by atoms with Gasteiger partial charge in [0.2, 0.25) is 10.0 Å². The minimum atomic E-state index is -3.65. The van der Waals surface area contributed by atoms with Crippen molar-refractivity contribution in [3.8, 4) is 0 Å². The number of carbonyl (C=O) groups is 1. The summed E-state index contributed by atoms with van der Waals surface area (Å²) in [6.07, 6.45) is 2.30. The van der Waals surface area contributed by atoms with Crippen molar-refractivity contribution in [2.45, 2.75) is 31.4 Å². The number of carbonyl (C=O) groups excluding carboxylic acids is 1. The first-order valence-corrected chi connectivity index (χ1v) is 13.5. The first kappa shape index (κ1) is 26.1. The van der Waals surface area contributed by atoms with E-state index in [4.69, 9.17) is 5.73 Å². The third kappa shape index (κ3) is 6.35. The van der Waals surface area contributed by atoms with Crippen LogP contribution in [0.4, 0.5) is 17.1 Å². The molecule has 0 aromatic heterocycles. The number of hydrogen-bond donors (Lipinski definition) is 4. The second-order valence-corrected chi connectivity index (χ2v) is 11.0. The van der Waals surface area contributed by atoms with Gasteiger partial charge in [0.15, 0.2) is 0 Å². The minimum Gasteiger partial charge on any atom is -0.398 e. The van der Waals surface area contributed by atoms with E-state index in [-0.39, 0.29) is 30.3 Å². The monoisotopic (exact) mass is 551 g/mol. The van der Waals surface area contributed by atoms with E-state index in [1.165, 1.54) is 11.4 Å². The molecule has 0 radical (unpaired) electrons. The van der Waals surface area contributed by atoms with Gasteiger partial charge < -0.3 is 16.2 Å². The number of rotatable bonds is 10.